The van der Waals surface area contributed by atoms with Gasteiger partial charge in [-0.2, -0.15) is 0 Å². The monoisotopic (exact) mass is 487 g/mol. The molecule has 0 unspecified atom stereocenters. The van der Waals surface area contributed by atoms with Crippen molar-refractivity contribution in [2.75, 3.05) is 12.9 Å². The molecule has 8 nitrogen and oxygen atoms in total. The summed E-state index contributed by atoms with van der Waals surface area (Å²) in [7, 11) is 1.59. The molecule has 0 aromatic heterocycles. The normalized spacial score (nSPS) is 12.5. The number of benzene rings is 2. The number of rotatable bonds is 13. The highest BCUT2D eigenvalue weighted by Gasteiger charge is 2.29. The van der Waals surface area contributed by atoms with Gasteiger partial charge in [-0.25, -0.2) is 0 Å². The highest BCUT2D eigenvalue weighted by atomic mass is 32.2. The van der Waals surface area contributed by atoms with Crippen LogP contribution in [0, 0.1) is 10.1 Å². The second-order valence-electron chi connectivity index (χ2n) is 8.03. The molecular weight excluding hydrogens is 454 g/mol. The van der Waals surface area contributed by atoms with Gasteiger partial charge in [-0.15, -0.1) is 11.8 Å². The number of nitro benzene ring substituents is 1. The number of hydrogen-bond acceptors (Lipinski definition) is 6. The van der Waals surface area contributed by atoms with Crippen LogP contribution in [0.3, 0.4) is 0 Å². The zero-order valence-electron chi connectivity index (χ0n) is 20.2. The summed E-state index contributed by atoms with van der Waals surface area (Å²) in [5.41, 5.74) is 1.81. The van der Waals surface area contributed by atoms with Gasteiger partial charge in [0.15, 0.2) is 0 Å². The van der Waals surface area contributed by atoms with Crippen molar-refractivity contribution in [3.8, 4) is 5.75 Å². The zero-order chi connectivity index (χ0) is 25.1. The summed E-state index contributed by atoms with van der Waals surface area (Å²) >= 11 is 1.42. The van der Waals surface area contributed by atoms with Crippen molar-refractivity contribution in [1.82, 2.24) is 10.2 Å². The molecule has 0 aliphatic carbocycles. The van der Waals surface area contributed by atoms with E-state index in [2.05, 4.69) is 5.32 Å². The molecule has 0 saturated heterocycles. The van der Waals surface area contributed by atoms with Crippen LogP contribution in [0.15, 0.2) is 48.5 Å². The minimum absolute atomic E-state index is 0.0202. The Hall–Kier alpha value is -3.07. The number of nitrogens with zero attached hydrogens (tertiary/aromatic N) is 2. The summed E-state index contributed by atoms with van der Waals surface area (Å²) in [5, 5.41) is 13.8. The topological polar surface area (TPSA) is 102 Å². The number of nitrogens with one attached hydrogen (secondary N) is 1. The van der Waals surface area contributed by atoms with Gasteiger partial charge < -0.3 is 15.0 Å². The molecule has 1 N–H and O–H groups in total. The predicted octanol–water partition coefficient (Wildman–Crippen LogP) is 4.56. The number of thioether (sulfide) groups is 1. The standard InChI is InChI=1S/C25H33N3O5S/c1-5-18(3)26-25(30)23(6-2)27(15-20-8-7-9-22(14-20)33-4)24(29)17-34-16-19-10-12-21(13-11-19)28(31)32/h7-14,18,23H,5-6,15-17H2,1-4H3,(H,26,30)/t18-,23-/m1/s1. The molecule has 0 aliphatic heterocycles. The van der Waals surface area contributed by atoms with E-state index in [0.29, 0.717) is 24.5 Å². The van der Waals surface area contributed by atoms with Crippen LogP contribution < -0.4 is 10.1 Å². The van der Waals surface area contributed by atoms with E-state index < -0.39 is 11.0 Å². The predicted molar refractivity (Wildman–Crippen MR) is 135 cm³/mol. The van der Waals surface area contributed by atoms with Crippen molar-refractivity contribution in [2.24, 2.45) is 0 Å². The summed E-state index contributed by atoms with van der Waals surface area (Å²) in [4.78, 5) is 38.3. The Labute approximate surface area is 205 Å². The van der Waals surface area contributed by atoms with Gasteiger partial charge in [0.05, 0.1) is 17.8 Å². The molecule has 0 heterocycles. The molecule has 0 fully saturated rings. The maximum Gasteiger partial charge on any atom is 0.269 e. The van der Waals surface area contributed by atoms with Crippen molar-refractivity contribution < 1.29 is 19.2 Å². The summed E-state index contributed by atoms with van der Waals surface area (Å²) in [6, 6.07) is 13.2. The number of nitro groups is 1. The van der Waals surface area contributed by atoms with E-state index in [1.807, 2.05) is 45.0 Å². The van der Waals surface area contributed by atoms with Crippen LogP contribution in [0.4, 0.5) is 5.69 Å². The summed E-state index contributed by atoms with van der Waals surface area (Å²) < 4.78 is 5.31. The highest BCUT2D eigenvalue weighted by Crippen LogP contribution is 2.21. The SMILES string of the molecule is CC[C@@H](C)NC(=O)[C@@H](CC)N(Cc1cccc(OC)c1)C(=O)CSCc1ccc([N+](=O)[O-])cc1. The Morgan fingerprint density at radius 2 is 1.82 bits per heavy atom. The lowest BCUT2D eigenvalue weighted by atomic mass is 10.1. The van der Waals surface area contributed by atoms with Gasteiger partial charge in [-0.05, 0) is 43.0 Å². The van der Waals surface area contributed by atoms with E-state index >= 15 is 0 Å². The second kappa shape index (κ2) is 13.6. The van der Waals surface area contributed by atoms with Crippen molar-refractivity contribution >= 4 is 29.3 Å². The first-order valence-electron chi connectivity index (χ1n) is 11.3. The van der Waals surface area contributed by atoms with Crippen LogP contribution in [-0.2, 0) is 21.9 Å². The van der Waals surface area contributed by atoms with Crippen LogP contribution >= 0.6 is 11.8 Å². The van der Waals surface area contributed by atoms with Crippen LogP contribution in [0.5, 0.6) is 5.75 Å². The molecule has 34 heavy (non-hydrogen) atoms. The maximum atomic E-state index is 13.3. The summed E-state index contributed by atoms with van der Waals surface area (Å²) in [6.07, 6.45) is 1.29. The van der Waals surface area contributed by atoms with E-state index in [0.717, 1.165) is 17.5 Å². The van der Waals surface area contributed by atoms with E-state index in [9.17, 15) is 19.7 Å². The molecule has 0 radical (unpaired) electrons. The van der Waals surface area contributed by atoms with E-state index in [1.165, 1.54) is 23.9 Å². The van der Waals surface area contributed by atoms with Crippen LogP contribution in [0.1, 0.15) is 44.7 Å². The average molecular weight is 488 g/mol. The number of non-ortho nitro benzene ring substituents is 1. The second-order valence-corrected chi connectivity index (χ2v) is 9.02. The van der Waals surface area contributed by atoms with Gasteiger partial charge in [0.25, 0.3) is 5.69 Å². The number of carbonyl (C=O) groups excluding carboxylic acids is 2. The molecule has 0 spiro atoms. The minimum Gasteiger partial charge on any atom is -0.497 e. The van der Waals surface area contributed by atoms with Gasteiger partial charge >= 0.3 is 0 Å². The number of carbonyl (C=O) groups is 2. The van der Waals surface area contributed by atoms with Crippen LogP contribution in [-0.4, -0.2) is 46.6 Å². The molecular formula is C25H33N3O5S. The van der Waals surface area contributed by atoms with Gasteiger partial charge in [0, 0.05) is 30.5 Å². The fourth-order valence-corrected chi connectivity index (χ4v) is 4.25. The quantitative estimate of drug-likeness (QED) is 0.328. The van der Waals surface area contributed by atoms with E-state index in [1.54, 1.807) is 24.1 Å². The maximum absolute atomic E-state index is 13.3. The molecule has 2 rings (SSSR count). The summed E-state index contributed by atoms with van der Waals surface area (Å²) in [5.74, 6) is 1.12. The summed E-state index contributed by atoms with van der Waals surface area (Å²) in [6.45, 7) is 6.14. The van der Waals surface area contributed by atoms with Crippen molar-refractivity contribution in [3.05, 3.63) is 69.8 Å². The Kier molecular flexibility index (Phi) is 10.9. The Bertz CT molecular complexity index is 967. The van der Waals surface area contributed by atoms with Gasteiger partial charge in [-0.3, -0.25) is 19.7 Å². The molecule has 0 aliphatic rings. The fraction of sp³-hybridized carbons (Fsp3) is 0.440. The van der Waals surface area contributed by atoms with Gasteiger partial charge in [-0.1, -0.05) is 38.1 Å². The Balaban J connectivity index is 2.14. The molecule has 9 heteroatoms. The van der Waals surface area contributed by atoms with Crippen molar-refractivity contribution in [2.45, 2.75) is 58.0 Å². The first kappa shape index (κ1) is 27.2. The Morgan fingerprint density at radius 3 is 2.41 bits per heavy atom. The smallest absolute Gasteiger partial charge is 0.269 e. The Morgan fingerprint density at radius 1 is 1.12 bits per heavy atom. The van der Waals surface area contributed by atoms with E-state index in [-0.39, 0.29) is 29.3 Å². The van der Waals surface area contributed by atoms with Crippen molar-refractivity contribution in [1.29, 1.82) is 0 Å². The van der Waals surface area contributed by atoms with E-state index in [4.69, 9.17) is 4.74 Å². The third-order valence-corrected chi connectivity index (χ3v) is 6.50. The number of methoxy groups -OCH3 is 1. The molecule has 2 aromatic carbocycles. The molecule has 2 atom stereocenters. The first-order valence-corrected chi connectivity index (χ1v) is 12.5. The van der Waals surface area contributed by atoms with Crippen molar-refractivity contribution in [3.63, 3.8) is 0 Å². The van der Waals surface area contributed by atoms with Crippen LogP contribution in [0.25, 0.3) is 0 Å². The average Bonchev–Trinajstić information content (AvgIpc) is 2.84. The number of ether oxygens (including phenoxy) is 1. The molecule has 2 amide bonds. The number of amides is 2. The lowest BCUT2D eigenvalue weighted by Crippen LogP contribution is -2.51. The highest BCUT2D eigenvalue weighted by molar-refractivity contribution is 7.99. The molecule has 0 bridgehead atoms. The lowest BCUT2D eigenvalue weighted by Gasteiger charge is -2.31. The van der Waals surface area contributed by atoms with Gasteiger partial charge in [0.1, 0.15) is 11.8 Å². The largest absolute Gasteiger partial charge is 0.497 e. The fourth-order valence-electron chi connectivity index (χ4n) is 3.38. The third kappa shape index (κ3) is 8.06. The zero-order valence-corrected chi connectivity index (χ0v) is 21.0. The third-order valence-electron chi connectivity index (χ3n) is 5.52. The van der Waals surface area contributed by atoms with Gasteiger partial charge in [0.2, 0.25) is 11.8 Å². The molecule has 2 aromatic rings. The first-order chi connectivity index (χ1) is 16.3. The number of hydrogen-bond donors (Lipinski definition) is 1. The lowest BCUT2D eigenvalue weighted by molar-refractivity contribution is -0.384. The van der Waals surface area contributed by atoms with Crippen LogP contribution in [0.2, 0.25) is 0 Å². The molecule has 0 saturated carbocycles. The molecule has 184 valence electrons. The minimum atomic E-state index is -0.590.